The number of hydrogen-bond donors (Lipinski definition) is 1. The topological polar surface area (TPSA) is 55.0 Å². The normalized spacial score (nSPS) is 10.8. The molecule has 0 unspecified atom stereocenters. The van der Waals surface area contributed by atoms with Crippen molar-refractivity contribution in [2.75, 3.05) is 23.7 Å². The molecule has 0 bridgehead atoms. The first kappa shape index (κ1) is 12.7. The molecular formula is C12H22N4. The number of nitrogens with two attached hydrogens (primary N) is 1. The van der Waals surface area contributed by atoms with Crippen LogP contribution in [0.3, 0.4) is 0 Å². The lowest BCUT2D eigenvalue weighted by molar-refractivity contribution is 0.612. The van der Waals surface area contributed by atoms with Gasteiger partial charge in [0.25, 0.3) is 0 Å². The van der Waals surface area contributed by atoms with E-state index in [0.717, 1.165) is 30.9 Å². The summed E-state index contributed by atoms with van der Waals surface area (Å²) in [5, 5.41) is 0. The fraction of sp³-hybridized carbons (Fsp3) is 0.667. The minimum Gasteiger partial charge on any atom is -0.383 e. The SMILES string of the molecule is CCc1c(N)ncnc1N(CC)CC(C)C. The lowest BCUT2D eigenvalue weighted by atomic mass is 10.1. The predicted octanol–water partition coefficient (Wildman–Crippen LogP) is 2.10. The Hall–Kier alpha value is -1.32. The maximum Gasteiger partial charge on any atom is 0.137 e. The number of aromatic nitrogens is 2. The van der Waals surface area contributed by atoms with Crippen LogP contribution in [0.2, 0.25) is 0 Å². The average molecular weight is 222 g/mol. The summed E-state index contributed by atoms with van der Waals surface area (Å²) < 4.78 is 0. The van der Waals surface area contributed by atoms with Crippen LogP contribution >= 0.6 is 0 Å². The Morgan fingerprint density at radius 2 is 2.00 bits per heavy atom. The summed E-state index contributed by atoms with van der Waals surface area (Å²) in [6, 6.07) is 0. The highest BCUT2D eigenvalue weighted by Crippen LogP contribution is 2.22. The van der Waals surface area contributed by atoms with E-state index in [0.29, 0.717) is 11.7 Å². The predicted molar refractivity (Wildman–Crippen MR) is 68.5 cm³/mol. The van der Waals surface area contributed by atoms with Crippen molar-refractivity contribution in [2.45, 2.75) is 34.1 Å². The van der Waals surface area contributed by atoms with Crippen LogP contribution in [0.1, 0.15) is 33.3 Å². The lowest BCUT2D eigenvalue weighted by Gasteiger charge is -2.26. The molecule has 1 aromatic heterocycles. The van der Waals surface area contributed by atoms with Crippen molar-refractivity contribution in [1.82, 2.24) is 9.97 Å². The molecule has 0 saturated carbocycles. The van der Waals surface area contributed by atoms with E-state index >= 15 is 0 Å². The van der Waals surface area contributed by atoms with Gasteiger partial charge in [-0.3, -0.25) is 0 Å². The molecule has 0 radical (unpaired) electrons. The van der Waals surface area contributed by atoms with Crippen LogP contribution in [0, 0.1) is 5.92 Å². The Balaban J connectivity index is 3.04. The monoisotopic (exact) mass is 222 g/mol. The summed E-state index contributed by atoms with van der Waals surface area (Å²) in [5.41, 5.74) is 6.94. The maximum absolute atomic E-state index is 5.88. The van der Waals surface area contributed by atoms with Crippen molar-refractivity contribution < 1.29 is 0 Å². The largest absolute Gasteiger partial charge is 0.383 e. The second kappa shape index (κ2) is 5.68. The van der Waals surface area contributed by atoms with Crippen molar-refractivity contribution >= 4 is 11.6 Å². The second-order valence-corrected chi connectivity index (χ2v) is 4.35. The highest BCUT2D eigenvalue weighted by molar-refractivity contribution is 5.56. The van der Waals surface area contributed by atoms with Gasteiger partial charge in [0.2, 0.25) is 0 Å². The van der Waals surface area contributed by atoms with E-state index in [2.05, 4.69) is 42.6 Å². The zero-order valence-electron chi connectivity index (χ0n) is 10.7. The second-order valence-electron chi connectivity index (χ2n) is 4.35. The molecule has 16 heavy (non-hydrogen) atoms. The van der Waals surface area contributed by atoms with Crippen LogP contribution in [-0.2, 0) is 6.42 Å². The van der Waals surface area contributed by atoms with Gasteiger partial charge in [0.1, 0.15) is 18.0 Å². The summed E-state index contributed by atoms with van der Waals surface area (Å²) in [6.45, 7) is 10.6. The van der Waals surface area contributed by atoms with Gasteiger partial charge in [-0.25, -0.2) is 9.97 Å². The quantitative estimate of drug-likeness (QED) is 0.829. The zero-order valence-corrected chi connectivity index (χ0v) is 10.7. The first-order valence-electron chi connectivity index (χ1n) is 5.94. The molecule has 0 amide bonds. The lowest BCUT2D eigenvalue weighted by Crippen LogP contribution is -2.29. The summed E-state index contributed by atoms with van der Waals surface area (Å²) in [6.07, 6.45) is 2.42. The van der Waals surface area contributed by atoms with E-state index in [1.54, 1.807) is 6.33 Å². The van der Waals surface area contributed by atoms with Gasteiger partial charge in [-0.15, -0.1) is 0 Å². The van der Waals surface area contributed by atoms with Crippen molar-refractivity contribution in [3.63, 3.8) is 0 Å². The van der Waals surface area contributed by atoms with Crippen molar-refractivity contribution in [3.8, 4) is 0 Å². The molecule has 0 aliphatic carbocycles. The van der Waals surface area contributed by atoms with Gasteiger partial charge < -0.3 is 10.6 Å². The number of nitrogens with zero attached hydrogens (tertiary/aromatic N) is 3. The standard InChI is InChI=1S/C12H22N4/c1-5-10-11(13)14-8-15-12(10)16(6-2)7-9(3)4/h8-9H,5-7H2,1-4H3,(H2,13,14,15). The molecule has 1 rings (SSSR count). The van der Waals surface area contributed by atoms with E-state index in [4.69, 9.17) is 5.73 Å². The summed E-state index contributed by atoms with van der Waals surface area (Å²) in [5.74, 6) is 2.21. The molecule has 90 valence electrons. The van der Waals surface area contributed by atoms with Crippen LogP contribution in [0.5, 0.6) is 0 Å². The number of anilines is 2. The van der Waals surface area contributed by atoms with Gasteiger partial charge in [-0.1, -0.05) is 20.8 Å². The molecule has 0 fully saturated rings. The van der Waals surface area contributed by atoms with Crippen LogP contribution in [0.4, 0.5) is 11.6 Å². The van der Waals surface area contributed by atoms with E-state index in [1.165, 1.54) is 0 Å². The third-order valence-electron chi connectivity index (χ3n) is 2.58. The summed E-state index contributed by atoms with van der Waals surface area (Å²) in [4.78, 5) is 10.7. The summed E-state index contributed by atoms with van der Waals surface area (Å²) >= 11 is 0. The minimum absolute atomic E-state index is 0.606. The molecule has 0 atom stereocenters. The molecule has 0 aliphatic heterocycles. The van der Waals surface area contributed by atoms with Crippen LogP contribution < -0.4 is 10.6 Å². The van der Waals surface area contributed by atoms with Crippen molar-refractivity contribution in [2.24, 2.45) is 5.92 Å². The molecule has 1 aromatic rings. The average Bonchev–Trinajstić information content (AvgIpc) is 2.25. The van der Waals surface area contributed by atoms with E-state index in [1.807, 2.05) is 0 Å². The van der Waals surface area contributed by atoms with Crippen LogP contribution in [0.25, 0.3) is 0 Å². The Bertz CT molecular complexity index is 336. The third-order valence-corrected chi connectivity index (χ3v) is 2.58. The first-order valence-corrected chi connectivity index (χ1v) is 5.94. The van der Waals surface area contributed by atoms with Gasteiger partial charge in [-0.2, -0.15) is 0 Å². The Morgan fingerprint density at radius 3 is 2.50 bits per heavy atom. The fourth-order valence-electron chi connectivity index (χ4n) is 1.83. The zero-order chi connectivity index (χ0) is 12.1. The smallest absolute Gasteiger partial charge is 0.137 e. The van der Waals surface area contributed by atoms with E-state index in [9.17, 15) is 0 Å². The minimum atomic E-state index is 0.606. The molecule has 1 heterocycles. The number of nitrogen functional groups attached to an aromatic ring is 1. The van der Waals surface area contributed by atoms with E-state index < -0.39 is 0 Å². The molecule has 4 heteroatoms. The van der Waals surface area contributed by atoms with Gasteiger partial charge in [-0.05, 0) is 19.3 Å². The van der Waals surface area contributed by atoms with Gasteiger partial charge in [0, 0.05) is 18.7 Å². The molecule has 0 aromatic carbocycles. The van der Waals surface area contributed by atoms with Gasteiger partial charge in [0.05, 0.1) is 0 Å². The highest BCUT2D eigenvalue weighted by atomic mass is 15.2. The van der Waals surface area contributed by atoms with Crippen molar-refractivity contribution in [1.29, 1.82) is 0 Å². The molecule has 0 spiro atoms. The Morgan fingerprint density at radius 1 is 1.31 bits per heavy atom. The summed E-state index contributed by atoms with van der Waals surface area (Å²) in [7, 11) is 0. The first-order chi connectivity index (χ1) is 7.60. The van der Waals surface area contributed by atoms with Gasteiger partial charge in [0.15, 0.2) is 0 Å². The van der Waals surface area contributed by atoms with Crippen molar-refractivity contribution in [3.05, 3.63) is 11.9 Å². The van der Waals surface area contributed by atoms with E-state index in [-0.39, 0.29) is 0 Å². The third kappa shape index (κ3) is 2.84. The fourth-order valence-corrected chi connectivity index (χ4v) is 1.83. The molecule has 0 saturated heterocycles. The Labute approximate surface area is 97.9 Å². The van der Waals surface area contributed by atoms with Crippen LogP contribution in [0.15, 0.2) is 6.33 Å². The highest BCUT2D eigenvalue weighted by Gasteiger charge is 2.14. The molecule has 4 nitrogen and oxygen atoms in total. The molecule has 2 N–H and O–H groups in total. The number of rotatable bonds is 5. The molecular weight excluding hydrogens is 200 g/mol. The van der Waals surface area contributed by atoms with Crippen LogP contribution in [-0.4, -0.2) is 23.1 Å². The molecule has 0 aliphatic rings. The van der Waals surface area contributed by atoms with Gasteiger partial charge >= 0.3 is 0 Å². The number of hydrogen-bond acceptors (Lipinski definition) is 4. The Kier molecular flexibility index (Phi) is 4.52. The maximum atomic E-state index is 5.88.